The second kappa shape index (κ2) is 6.89. The first-order chi connectivity index (χ1) is 9.29. The van der Waals surface area contributed by atoms with Gasteiger partial charge >= 0.3 is 0 Å². The number of amides is 1. The smallest absolute Gasteiger partial charge is 0.251 e. The largest absolute Gasteiger partial charge is 0.370 e. The van der Waals surface area contributed by atoms with Crippen molar-refractivity contribution in [2.45, 2.75) is 13.3 Å². The fraction of sp³-hybridized carbons (Fsp3) is 0.286. The maximum absolute atomic E-state index is 12.0. The van der Waals surface area contributed by atoms with Gasteiger partial charge in [0, 0.05) is 29.7 Å². The molecule has 2 aromatic rings. The molecule has 0 atom stereocenters. The first kappa shape index (κ1) is 13.5. The van der Waals surface area contributed by atoms with Gasteiger partial charge in [0.15, 0.2) is 0 Å². The Kier molecular flexibility index (Phi) is 4.92. The summed E-state index contributed by atoms with van der Waals surface area (Å²) in [5.41, 5.74) is 0.636. The summed E-state index contributed by atoms with van der Waals surface area (Å²) in [6.45, 7) is 3.43. The monoisotopic (exact) mass is 275 g/mol. The lowest BCUT2D eigenvalue weighted by Crippen LogP contribution is -2.25. The number of hydrogen-bond acceptors (Lipinski definition) is 4. The number of hydrogen-bond donors (Lipinski definition) is 2. The molecule has 2 aromatic heterocycles. The Balaban J connectivity index is 1.87. The Morgan fingerprint density at radius 1 is 1.42 bits per heavy atom. The van der Waals surface area contributed by atoms with Gasteiger partial charge in [-0.15, -0.1) is 11.3 Å². The van der Waals surface area contributed by atoms with Crippen molar-refractivity contribution in [2.75, 3.05) is 18.4 Å². The second-order valence-corrected chi connectivity index (χ2v) is 5.08. The van der Waals surface area contributed by atoms with E-state index in [9.17, 15) is 4.79 Å². The standard InChI is InChI=1S/C14H17N3OS/c1-2-15-13-10-11(5-7-16-13)14(18)17-8-6-12-4-3-9-19-12/h3-5,7,9-10H,2,6,8H2,1H3,(H,15,16)(H,17,18). The van der Waals surface area contributed by atoms with E-state index in [1.807, 2.05) is 18.4 Å². The van der Waals surface area contributed by atoms with Crippen LogP contribution in [0.3, 0.4) is 0 Å². The van der Waals surface area contributed by atoms with Gasteiger partial charge in [-0.3, -0.25) is 4.79 Å². The lowest BCUT2D eigenvalue weighted by Gasteiger charge is -2.06. The topological polar surface area (TPSA) is 54.0 Å². The zero-order valence-electron chi connectivity index (χ0n) is 10.8. The van der Waals surface area contributed by atoms with Crippen LogP contribution in [0, 0.1) is 0 Å². The molecule has 2 N–H and O–H groups in total. The molecule has 100 valence electrons. The van der Waals surface area contributed by atoms with Gasteiger partial charge in [-0.1, -0.05) is 6.07 Å². The zero-order valence-corrected chi connectivity index (χ0v) is 11.7. The van der Waals surface area contributed by atoms with Crippen LogP contribution in [0.5, 0.6) is 0 Å². The van der Waals surface area contributed by atoms with Crippen LogP contribution in [-0.4, -0.2) is 24.0 Å². The summed E-state index contributed by atoms with van der Waals surface area (Å²) in [6, 6.07) is 7.59. The molecule has 2 heterocycles. The summed E-state index contributed by atoms with van der Waals surface area (Å²) in [7, 11) is 0. The Labute approximate surface area is 116 Å². The first-order valence-corrected chi connectivity index (χ1v) is 7.18. The van der Waals surface area contributed by atoms with Gasteiger partial charge in [-0.25, -0.2) is 4.98 Å². The summed E-state index contributed by atoms with van der Waals surface area (Å²) in [5.74, 6) is 0.673. The van der Waals surface area contributed by atoms with E-state index in [0.717, 1.165) is 18.8 Å². The molecule has 2 rings (SSSR count). The fourth-order valence-electron chi connectivity index (χ4n) is 1.71. The van der Waals surface area contributed by atoms with Crippen molar-refractivity contribution in [3.8, 4) is 0 Å². The van der Waals surface area contributed by atoms with Crippen LogP contribution in [0.2, 0.25) is 0 Å². The van der Waals surface area contributed by atoms with Crippen LogP contribution in [0.1, 0.15) is 22.2 Å². The van der Waals surface area contributed by atoms with Crippen molar-refractivity contribution >= 4 is 23.1 Å². The molecule has 0 aliphatic carbocycles. The minimum Gasteiger partial charge on any atom is -0.370 e. The van der Waals surface area contributed by atoms with Crippen molar-refractivity contribution in [1.29, 1.82) is 0 Å². The quantitative estimate of drug-likeness (QED) is 0.852. The number of anilines is 1. The summed E-state index contributed by atoms with van der Waals surface area (Å²) < 4.78 is 0. The summed E-state index contributed by atoms with van der Waals surface area (Å²) in [5, 5.41) is 8.05. The normalized spacial score (nSPS) is 10.2. The molecule has 0 radical (unpaired) electrons. The predicted octanol–water partition coefficient (Wildman–Crippen LogP) is 2.55. The molecule has 0 aliphatic rings. The first-order valence-electron chi connectivity index (χ1n) is 6.30. The third-order valence-corrected chi connectivity index (χ3v) is 3.55. The van der Waals surface area contributed by atoms with Crippen LogP contribution in [0.15, 0.2) is 35.8 Å². The molecule has 19 heavy (non-hydrogen) atoms. The van der Waals surface area contributed by atoms with Crippen LogP contribution in [0.4, 0.5) is 5.82 Å². The SMILES string of the molecule is CCNc1cc(C(=O)NCCc2cccs2)ccn1. The van der Waals surface area contributed by atoms with Gasteiger partial charge in [0.2, 0.25) is 0 Å². The van der Waals surface area contributed by atoms with E-state index >= 15 is 0 Å². The average Bonchev–Trinajstić information content (AvgIpc) is 2.92. The highest BCUT2D eigenvalue weighted by Gasteiger charge is 2.06. The van der Waals surface area contributed by atoms with Crippen LogP contribution >= 0.6 is 11.3 Å². The van der Waals surface area contributed by atoms with Gasteiger partial charge in [0.05, 0.1) is 0 Å². The van der Waals surface area contributed by atoms with Crippen LogP contribution in [0.25, 0.3) is 0 Å². The summed E-state index contributed by atoms with van der Waals surface area (Å²) >= 11 is 1.71. The maximum Gasteiger partial charge on any atom is 0.251 e. The van der Waals surface area contributed by atoms with Crippen LogP contribution in [-0.2, 0) is 6.42 Å². The van der Waals surface area contributed by atoms with Crippen molar-refractivity contribution in [2.24, 2.45) is 0 Å². The number of thiophene rings is 1. The number of aromatic nitrogens is 1. The minimum atomic E-state index is -0.0573. The lowest BCUT2D eigenvalue weighted by atomic mass is 10.2. The molecule has 0 saturated heterocycles. The molecule has 0 unspecified atom stereocenters. The summed E-state index contributed by atoms with van der Waals surface area (Å²) in [6.07, 6.45) is 2.51. The second-order valence-electron chi connectivity index (χ2n) is 4.05. The van der Waals surface area contributed by atoms with E-state index in [1.165, 1.54) is 4.88 Å². The predicted molar refractivity (Wildman–Crippen MR) is 78.8 cm³/mol. The maximum atomic E-state index is 12.0. The highest BCUT2D eigenvalue weighted by Crippen LogP contribution is 2.09. The van der Waals surface area contributed by atoms with E-state index < -0.39 is 0 Å². The van der Waals surface area contributed by atoms with E-state index in [2.05, 4.69) is 21.7 Å². The molecule has 0 fully saturated rings. The number of carbonyl (C=O) groups is 1. The highest BCUT2D eigenvalue weighted by molar-refractivity contribution is 7.09. The van der Waals surface area contributed by atoms with Crippen molar-refractivity contribution in [3.63, 3.8) is 0 Å². The third kappa shape index (κ3) is 4.06. The van der Waals surface area contributed by atoms with Gasteiger partial charge in [-0.2, -0.15) is 0 Å². The third-order valence-electron chi connectivity index (χ3n) is 2.62. The number of rotatable bonds is 6. The fourth-order valence-corrected chi connectivity index (χ4v) is 2.41. The van der Waals surface area contributed by atoms with E-state index in [1.54, 1.807) is 29.7 Å². The molecule has 0 saturated carbocycles. The number of pyridine rings is 1. The van der Waals surface area contributed by atoms with E-state index in [-0.39, 0.29) is 5.91 Å². The Bertz CT molecular complexity index is 525. The zero-order chi connectivity index (χ0) is 13.5. The molecule has 0 bridgehead atoms. The van der Waals surface area contributed by atoms with E-state index in [4.69, 9.17) is 0 Å². The average molecular weight is 275 g/mol. The number of carbonyl (C=O) groups excluding carboxylic acids is 1. The van der Waals surface area contributed by atoms with Gasteiger partial charge in [0.1, 0.15) is 5.82 Å². The molecule has 0 aliphatic heterocycles. The molecule has 0 aromatic carbocycles. The Hall–Kier alpha value is -1.88. The Morgan fingerprint density at radius 3 is 3.05 bits per heavy atom. The molecular weight excluding hydrogens is 258 g/mol. The summed E-state index contributed by atoms with van der Waals surface area (Å²) in [4.78, 5) is 17.4. The molecule has 0 spiro atoms. The van der Waals surface area contributed by atoms with Crippen molar-refractivity contribution in [1.82, 2.24) is 10.3 Å². The van der Waals surface area contributed by atoms with Gasteiger partial charge in [-0.05, 0) is 36.9 Å². The lowest BCUT2D eigenvalue weighted by molar-refractivity contribution is 0.0954. The highest BCUT2D eigenvalue weighted by atomic mass is 32.1. The van der Waals surface area contributed by atoms with Crippen molar-refractivity contribution < 1.29 is 4.79 Å². The molecule has 4 nitrogen and oxygen atoms in total. The number of nitrogens with zero attached hydrogens (tertiary/aromatic N) is 1. The number of nitrogens with one attached hydrogen (secondary N) is 2. The van der Waals surface area contributed by atoms with E-state index in [0.29, 0.717) is 12.1 Å². The molecule has 5 heteroatoms. The van der Waals surface area contributed by atoms with Gasteiger partial charge < -0.3 is 10.6 Å². The Morgan fingerprint density at radius 2 is 2.32 bits per heavy atom. The van der Waals surface area contributed by atoms with Gasteiger partial charge in [0.25, 0.3) is 5.91 Å². The van der Waals surface area contributed by atoms with Crippen LogP contribution < -0.4 is 10.6 Å². The molecule has 1 amide bonds. The minimum absolute atomic E-state index is 0.0573. The van der Waals surface area contributed by atoms with Crippen molar-refractivity contribution in [3.05, 3.63) is 46.3 Å². The molecular formula is C14H17N3OS.